The van der Waals surface area contributed by atoms with Gasteiger partial charge < -0.3 is 0 Å². The maximum absolute atomic E-state index is 6.15. The van der Waals surface area contributed by atoms with Gasteiger partial charge in [-0.2, -0.15) is 0 Å². The van der Waals surface area contributed by atoms with Crippen LogP contribution in [0.2, 0.25) is 10.0 Å². The van der Waals surface area contributed by atoms with Gasteiger partial charge in [-0.05, 0) is 49.7 Å². The number of benzene rings is 2. The number of halogens is 2. The Morgan fingerprint density at radius 2 is 1.08 bits per heavy atom. The molecule has 2 aromatic rings. The van der Waals surface area contributed by atoms with Crippen LogP contribution in [0.4, 0.5) is 0 Å². The predicted molar refractivity (Wildman–Crippen MR) is 113 cm³/mol. The molecular weight excluding hydrogens is 363 g/mol. The molecule has 0 aliphatic heterocycles. The summed E-state index contributed by atoms with van der Waals surface area (Å²) in [6, 6.07) is 15.7. The van der Waals surface area contributed by atoms with Crippen molar-refractivity contribution in [3.05, 3.63) is 69.7 Å². The van der Waals surface area contributed by atoms with Crippen LogP contribution in [0.15, 0.2) is 58.5 Å². The Labute approximate surface area is 166 Å². The first-order valence-corrected chi connectivity index (χ1v) is 9.96. The number of aliphatic imine (C=N–C) groups is 2. The second kappa shape index (κ2) is 9.89. The third-order valence-electron chi connectivity index (χ3n) is 4.96. The van der Waals surface area contributed by atoms with Crippen molar-refractivity contribution in [3.8, 4) is 0 Å². The van der Waals surface area contributed by atoms with E-state index in [1.807, 2.05) is 61.0 Å². The van der Waals surface area contributed by atoms with Crippen molar-refractivity contribution in [2.45, 2.75) is 25.7 Å². The Hall–Kier alpha value is -1.64. The van der Waals surface area contributed by atoms with Crippen molar-refractivity contribution in [2.75, 3.05) is 13.1 Å². The lowest BCUT2D eigenvalue weighted by atomic mass is 9.82. The smallest absolute Gasteiger partial charge is 0.0493 e. The molecule has 0 atom stereocenters. The molecule has 0 N–H and O–H groups in total. The monoisotopic (exact) mass is 386 g/mol. The fourth-order valence-corrected chi connectivity index (χ4v) is 3.73. The van der Waals surface area contributed by atoms with Crippen LogP contribution < -0.4 is 0 Å². The van der Waals surface area contributed by atoms with Crippen LogP contribution >= 0.6 is 23.2 Å². The number of hydrogen-bond acceptors (Lipinski definition) is 2. The molecule has 0 amide bonds. The van der Waals surface area contributed by atoms with E-state index in [4.69, 9.17) is 23.2 Å². The Kier molecular flexibility index (Phi) is 7.28. The summed E-state index contributed by atoms with van der Waals surface area (Å²) < 4.78 is 0. The highest BCUT2D eigenvalue weighted by molar-refractivity contribution is 6.33. The molecule has 4 heteroatoms. The molecule has 3 rings (SSSR count). The summed E-state index contributed by atoms with van der Waals surface area (Å²) >= 11 is 12.3. The zero-order valence-corrected chi connectivity index (χ0v) is 16.3. The Morgan fingerprint density at radius 1 is 0.692 bits per heavy atom. The maximum atomic E-state index is 6.15. The van der Waals surface area contributed by atoms with E-state index >= 15 is 0 Å². The molecule has 0 heterocycles. The summed E-state index contributed by atoms with van der Waals surface area (Å²) in [5, 5.41) is 1.52. The van der Waals surface area contributed by atoms with E-state index in [2.05, 4.69) is 9.98 Å². The van der Waals surface area contributed by atoms with Crippen molar-refractivity contribution < 1.29 is 0 Å². The fourth-order valence-electron chi connectivity index (χ4n) is 3.36. The zero-order valence-electron chi connectivity index (χ0n) is 14.8. The number of rotatable bonds is 6. The summed E-state index contributed by atoms with van der Waals surface area (Å²) in [4.78, 5) is 9.22. The second-order valence-corrected chi connectivity index (χ2v) is 7.73. The van der Waals surface area contributed by atoms with Gasteiger partial charge in [-0.3, -0.25) is 9.98 Å². The van der Waals surface area contributed by atoms with Gasteiger partial charge in [0.15, 0.2) is 0 Å². The quantitative estimate of drug-likeness (QED) is 0.517. The maximum Gasteiger partial charge on any atom is 0.0493 e. The van der Waals surface area contributed by atoms with E-state index in [9.17, 15) is 0 Å². The van der Waals surface area contributed by atoms with Crippen LogP contribution in [-0.4, -0.2) is 25.5 Å². The molecule has 1 aliphatic carbocycles. The standard InChI is InChI=1S/C22H24Cl2N2/c23-21-7-3-1-5-19(21)15-25-13-17-9-11-18(12-10-17)14-26-16-20-6-2-4-8-22(20)24/h1-8,15-18H,9-14H2. The molecule has 2 nitrogen and oxygen atoms in total. The van der Waals surface area contributed by atoms with Gasteiger partial charge in [0.1, 0.15) is 0 Å². The molecule has 1 fully saturated rings. The van der Waals surface area contributed by atoms with E-state index in [-0.39, 0.29) is 0 Å². The van der Waals surface area contributed by atoms with Gasteiger partial charge >= 0.3 is 0 Å². The van der Waals surface area contributed by atoms with E-state index < -0.39 is 0 Å². The first kappa shape index (κ1) is 19.1. The first-order chi connectivity index (χ1) is 12.7. The lowest BCUT2D eigenvalue weighted by molar-refractivity contribution is 0.286. The van der Waals surface area contributed by atoms with Gasteiger partial charge in [0.05, 0.1) is 0 Å². The van der Waals surface area contributed by atoms with Gasteiger partial charge in [-0.25, -0.2) is 0 Å². The first-order valence-electron chi connectivity index (χ1n) is 9.21. The average Bonchev–Trinajstić information content (AvgIpc) is 2.66. The lowest BCUT2D eigenvalue weighted by Gasteiger charge is -2.26. The predicted octanol–water partition coefficient (Wildman–Crippen LogP) is 6.34. The molecule has 136 valence electrons. The van der Waals surface area contributed by atoms with E-state index in [1.54, 1.807) is 0 Å². The molecule has 2 aromatic carbocycles. The van der Waals surface area contributed by atoms with E-state index in [0.717, 1.165) is 34.3 Å². The minimum atomic E-state index is 0.678. The summed E-state index contributed by atoms with van der Waals surface area (Å²) in [7, 11) is 0. The molecule has 0 bridgehead atoms. The van der Waals surface area contributed by atoms with Gasteiger partial charge in [-0.1, -0.05) is 59.6 Å². The Balaban J connectivity index is 1.40. The molecule has 0 unspecified atom stereocenters. The molecule has 0 aromatic heterocycles. The molecule has 1 saturated carbocycles. The highest BCUT2D eigenvalue weighted by atomic mass is 35.5. The largest absolute Gasteiger partial charge is 0.292 e. The number of hydrogen-bond donors (Lipinski definition) is 0. The van der Waals surface area contributed by atoms with E-state index in [1.165, 1.54) is 25.7 Å². The van der Waals surface area contributed by atoms with Crippen LogP contribution in [0, 0.1) is 11.8 Å². The minimum absolute atomic E-state index is 0.678. The van der Waals surface area contributed by atoms with Crippen molar-refractivity contribution in [1.82, 2.24) is 0 Å². The van der Waals surface area contributed by atoms with Crippen molar-refractivity contribution in [1.29, 1.82) is 0 Å². The molecule has 0 radical (unpaired) electrons. The van der Waals surface area contributed by atoms with Crippen LogP contribution in [0.3, 0.4) is 0 Å². The molecular formula is C22H24Cl2N2. The van der Waals surface area contributed by atoms with Gasteiger partial charge in [0, 0.05) is 46.7 Å². The summed E-state index contributed by atoms with van der Waals surface area (Å²) in [5.41, 5.74) is 1.99. The lowest BCUT2D eigenvalue weighted by Crippen LogP contribution is -2.18. The van der Waals surface area contributed by atoms with Crippen LogP contribution in [0.1, 0.15) is 36.8 Å². The molecule has 1 aliphatic rings. The third-order valence-corrected chi connectivity index (χ3v) is 5.65. The van der Waals surface area contributed by atoms with Crippen LogP contribution in [-0.2, 0) is 0 Å². The Morgan fingerprint density at radius 3 is 1.46 bits per heavy atom. The fraction of sp³-hybridized carbons (Fsp3) is 0.364. The topological polar surface area (TPSA) is 24.7 Å². The summed E-state index contributed by atoms with van der Waals surface area (Å²) in [6.07, 6.45) is 8.72. The molecule has 0 spiro atoms. The normalized spacial score (nSPS) is 20.8. The highest BCUT2D eigenvalue weighted by Crippen LogP contribution is 2.29. The van der Waals surface area contributed by atoms with Crippen molar-refractivity contribution in [3.63, 3.8) is 0 Å². The second-order valence-electron chi connectivity index (χ2n) is 6.92. The highest BCUT2D eigenvalue weighted by Gasteiger charge is 2.20. The van der Waals surface area contributed by atoms with Crippen molar-refractivity contribution in [2.24, 2.45) is 21.8 Å². The Bertz CT molecular complexity index is 697. The molecule has 26 heavy (non-hydrogen) atoms. The van der Waals surface area contributed by atoms with Gasteiger partial charge in [0.25, 0.3) is 0 Å². The summed E-state index contributed by atoms with van der Waals surface area (Å²) in [6.45, 7) is 1.78. The van der Waals surface area contributed by atoms with Gasteiger partial charge in [0.2, 0.25) is 0 Å². The average molecular weight is 387 g/mol. The zero-order chi connectivity index (χ0) is 18.2. The number of nitrogens with zero attached hydrogens (tertiary/aromatic N) is 2. The molecule has 0 saturated heterocycles. The van der Waals surface area contributed by atoms with Gasteiger partial charge in [-0.15, -0.1) is 0 Å². The summed E-state index contributed by atoms with van der Waals surface area (Å²) in [5.74, 6) is 1.36. The van der Waals surface area contributed by atoms with Crippen LogP contribution in [0.25, 0.3) is 0 Å². The van der Waals surface area contributed by atoms with E-state index in [0.29, 0.717) is 11.8 Å². The van der Waals surface area contributed by atoms with Crippen LogP contribution in [0.5, 0.6) is 0 Å². The van der Waals surface area contributed by atoms with Crippen molar-refractivity contribution >= 4 is 35.6 Å². The SMILES string of the molecule is Clc1ccccc1C=NCC1CCC(CN=Cc2ccccc2Cl)CC1. The third kappa shape index (κ3) is 5.69. The minimum Gasteiger partial charge on any atom is -0.292 e.